The minimum atomic E-state index is -0.419. The quantitative estimate of drug-likeness (QED) is 0.582. The Balaban J connectivity index is 1.69. The minimum Gasteiger partial charge on any atom is -0.310 e. The number of fused-ring (bicyclic) bond motifs is 1. The lowest BCUT2D eigenvalue weighted by atomic mass is 10.3. The summed E-state index contributed by atoms with van der Waals surface area (Å²) in [7, 11) is 0. The van der Waals surface area contributed by atoms with Crippen molar-refractivity contribution in [3.05, 3.63) is 82.8 Å². The van der Waals surface area contributed by atoms with Crippen LogP contribution in [0.4, 0.5) is 5.95 Å². The van der Waals surface area contributed by atoms with Gasteiger partial charge in [0.1, 0.15) is 5.69 Å². The Morgan fingerprint density at radius 2 is 1.75 bits per heavy atom. The Morgan fingerprint density at radius 3 is 2.54 bits per heavy atom. The third kappa shape index (κ3) is 3.29. The van der Waals surface area contributed by atoms with Gasteiger partial charge in [0.15, 0.2) is 0 Å². The third-order valence-electron chi connectivity index (χ3n) is 4.36. The van der Waals surface area contributed by atoms with Crippen LogP contribution >= 0.6 is 0 Å². The predicted molar refractivity (Wildman–Crippen MR) is 108 cm³/mol. The van der Waals surface area contributed by atoms with Gasteiger partial charge in [0, 0.05) is 12.6 Å². The van der Waals surface area contributed by atoms with Crippen LogP contribution < -0.4 is 10.9 Å². The van der Waals surface area contributed by atoms with Crippen LogP contribution in [0.5, 0.6) is 0 Å². The van der Waals surface area contributed by atoms with Crippen LogP contribution in [0.15, 0.2) is 71.5 Å². The summed E-state index contributed by atoms with van der Waals surface area (Å²) in [6.07, 6.45) is 0.903. The van der Waals surface area contributed by atoms with Crippen molar-refractivity contribution in [2.45, 2.75) is 19.9 Å². The van der Waals surface area contributed by atoms with Crippen molar-refractivity contribution < 1.29 is 4.79 Å². The van der Waals surface area contributed by atoms with E-state index in [2.05, 4.69) is 22.3 Å². The summed E-state index contributed by atoms with van der Waals surface area (Å²) in [5.41, 5.74) is 2.20. The van der Waals surface area contributed by atoms with Crippen LogP contribution in [0, 0.1) is 0 Å². The molecule has 2 heterocycles. The number of nitrogens with zero attached hydrogens (tertiary/aromatic N) is 4. The number of hydrogen-bond acceptors (Lipinski definition) is 4. The molecule has 1 N–H and O–H groups in total. The number of nitrogens with one attached hydrogen (secondary N) is 1. The largest absolute Gasteiger partial charge is 0.310 e. The number of hydrogen-bond donors (Lipinski definition) is 1. The number of anilines is 1. The van der Waals surface area contributed by atoms with Crippen LogP contribution in [0.2, 0.25) is 0 Å². The molecular weight excluding hydrogens is 354 g/mol. The number of para-hydroxylation sites is 3. The normalized spacial score (nSPS) is 10.9. The molecule has 0 atom stereocenters. The average Bonchev–Trinajstić information content (AvgIpc) is 3.06. The first-order chi connectivity index (χ1) is 13.7. The standard InChI is InChI=1S/C21H19N5O2/c1-2-14-25-18-11-7-6-10-16(18)22-21(25)23-20(28)17-12-13-19(27)26(24-17)15-8-4-3-5-9-15/h3-13H,2,14H2,1H3,(H,22,23,28). The summed E-state index contributed by atoms with van der Waals surface area (Å²) in [5, 5.41) is 7.06. The average molecular weight is 373 g/mol. The van der Waals surface area contributed by atoms with Crippen molar-refractivity contribution in [2.24, 2.45) is 0 Å². The number of imidazole rings is 1. The van der Waals surface area contributed by atoms with Crippen LogP contribution in [-0.4, -0.2) is 25.2 Å². The van der Waals surface area contributed by atoms with Crippen molar-refractivity contribution >= 4 is 22.9 Å². The van der Waals surface area contributed by atoms with E-state index in [4.69, 9.17) is 0 Å². The molecule has 0 spiro atoms. The fraction of sp³-hybridized carbons (Fsp3) is 0.143. The molecule has 4 aromatic rings. The maximum atomic E-state index is 12.8. The SMILES string of the molecule is CCCn1c(NC(=O)c2ccc(=O)n(-c3ccccc3)n2)nc2ccccc21. The number of carbonyl (C=O) groups is 1. The highest BCUT2D eigenvalue weighted by Crippen LogP contribution is 2.20. The Morgan fingerprint density at radius 1 is 1.00 bits per heavy atom. The van der Waals surface area contributed by atoms with Crippen LogP contribution in [0.3, 0.4) is 0 Å². The van der Waals surface area contributed by atoms with E-state index in [1.165, 1.54) is 16.8 Å². The molecule has 2 aromatic carbocycles. The predicted octanol–water partition coefficient (Wildman–Crippen LogP) is 3.24. The number of amides is 1. The van der Waals surface area contributed by atoms with Crippen LogP contribution in [-0.2, 0) is 6.54 Å². The van der Waals surface area contributed by atoms with Gasteiger partial charge in [-0.2, -0.15) is 9.78 Å². The molecular formula is C21H19N5O2. The molecule has 0 saturated heterocycles. The van der Waals surface area contributed by atoms with Gasteiger partial charge in [-0.1, -0.05) is 37.3 Å². The zero-order valence-electron chi connectivity index (χ0n) is 15.4. The fourth-order valence-corrected chi connectivity index (χ4v) is 3.07. The Labute approximate surface area is 161 Å². The second-order valence-electron chi connectivity index (χ2n) is 6.33. The second-order valence-corrected chi connectivity index (χ2v) is 6.33. The minimum absolute atomic E-state index is 0.138. The molecule has 2 aromatic heterocycles. The van der Waals surface area contributed by atoms with E-state index >= 15 is 0 Å². The smallest absolute Gasteiger partial charge is 0.278 e. The van der Waals surface area contributed by atoms with Crippen molar-refractivity contribution in [2.75, 3.05) is 5.32 Å². The van der Waals surface area contributed by atoms with E-state index in [-0.39, 0.29) is 11.3 Å². The molecule has 7 heteroatoms. The molecule has 0 fully saturated rings. The Kier molecular flexibility index (Phi) is 4.72. The molecule has 0 bridgehead atoms. The number of benzene rings is 2. The first-order valence-electron chi connectivity index (χ1n) is 9.10. The van der Waals surface area contributed by atoms with Crippen LogP contribution in [0.25, 0.3) is 16.7 Å². The van der Waals surface area contributed by atoms with Gasteiger partial charge in [0.2, 0.25) is 5.95 Å². The van der Waals surface area contributed by atoms with E-state index in [1.54, 1.807) is 12.1 Å². The van der Waals surface area contributed by atoms with Crippen molar-refractivity contribution in [3.63, 3.8) is 0 Å². The van der Waals surface area contributed by atoms with Crippen molar-refractivity contribution in [3.8, 4) is 5.69 Å². The first-order valence-corrected chi connectivity index (χ1v) is 9.10. The Hall–Kier alpha value is -3.74. The maximum absolute atomic E-state index is 12.8. The monoisotopic (exact) mass is 373 g/mol. The van der Waals surface area contributed by atoms with E-state index in [0.717, 1.165) is 24.0 Å². The summed E-state index contributed by atoms with van der Waals surface area (Å²) in [6.45, 7) is 2.80. The number of aromatic nitrogens is 4. The molecule has 0 aliphatic carbocycles. The molecule has 0 aliphatic rings. The molecule has 4 rings (SSSR count). The van der Waals surface area contributed by atoms with Gasteiger partial charge in [-0.05, 0) is 36.8 Å². The van der Waals surface area contributed by atoms with Crippen LogP contribution in [0.1, 0.15) is 23.8 Å². The summed E-state index contributed by atoms with van der Waals surface area (Å²) >= 11 is 0. The van der Waals surface area contributed by atoms with Gasteiger partial charge in [-0.3, -0.25) is 14.9 Å². The second kappa shape index (κ2) is 7.48. The van der Waals surface area contributed by atoms with E-state index in [9.17, 15) is 9.59 Å². The Bertz CT molecular complexity index is 1190. The molecule has 7 nitrogen and oxygen atoms in total. The van der Waals surface area contributed by atoms with E-state index < -0.39 is 5.91 Å². The molecule has 0 aliphatic heterocycles. The van der Waals surface area contributed by atoms with Crippen molar-refractivity contribution in [1.82, 2.24) is 19.3 Å². The summed E-state index contributed by atoms with van der Waals surface area (Å²) < 4.78 is 3.18. The number of rotatable bonds is 5. The van der Waals surface area contributed by atoms with Gasteiger partial charge in [-0.25, -0.2) is 4.98 Å². The van der Waals surface area contributed by atoms with Gasteiger partial charge >= 0.3 is 0 Å². The summed E-state index contributed by atoms with van der Waals surface area (Å²) in [4.78, 5) is 29.5. The van der Waals surface area contributed by atoms with Gasteiger partial charge in [0.05, 0.1) is 16.7 Å². The fourth-order valence-electron chi connectivity index (χ4n) is 3.07. The molecule has 0 saturated carbocycles. The molecule has 28 heavy (non-hydrogen) atoms. The lowest BCUT2D eigenvalue weighted by molar-refractivity contribution is 0.101. The topological polar surface area (TPSA) is 81.8 Å². The summed E-state index contributed by atoms with van der Waals surface area (Å²) in [5.74, 6) is 0.0460. The third-order valence-corrected chi connectivity index (χ3v) is 4.36. The lowest BCUT2D eigenvalue weighted by Crippen LogP contribution is -2.25. The van der Waals surface area contributed by atoms with Gasteiger partial charge < -0.3 is 4.57 Å². The molecule has 1 amide bonds. The summed E-state index contributed by atoms with van der Waals surface area (Å²) in [6, 6.07) is 19.5. The van der Waals surface area contributed by atoms with E-state index in [0.29, 0.717) is 11.6 Å². The lowest BCUT2D eigenvalue weighted by Gasteiger charge is -2.10. The highest BCUT2D eigenvalue weighted by molar-refractivity contribution is 6.02. The highest BCUT2D eigenvalue weighted by Gasteiger charge is 2.16. The number of carbonyl (C=O) groups excluding carboxylic acids is 1. The highest BCUT2D eigenvalue weighted by atomic mass is 16.2. The molecule has 140 valence electrons. The first kappa shape index (κ1) is 17.7. The zero-order chi connectivity index (χ0) is 19.5. The van der Waals surface area contributed by atoms with Gasteiger partial charge in [0.25, 0.3) is 11.5 Å². The molecule has 0 radical (unpaired) electrons. The van der Waals surface area contributed by atoms with Gasteiger partial charge in [-0.15, -0.1) is 0 Å². The zero-order valence-corrected chi connectivity index (χ0v) is 15.4. The maximum Gasteiger partial charge on any atom is 0.278 e. The van der Waals surface area contributed by atoms with Crippen molar-refractivity contribution in [1.29, 1.82) is 0 Å². The molecule has 0 unspecified atom stereocenters. The number of aryl methyl sites for hydroxylation is 1. The van der Waals surface area contributed by atoms with E-state index in [1.807, 2.05) is 47.0 Å².